The summed E-state index contributed by atoms with van der Waals surface area (Å²) in [6.45, 7) is 7.89. The van der Waals surface area contributed by atoms with Crippen LogP contribution in [0.3, 0.4) is 0 Å². The Bertz CT molecular complexity index is 663. The molecule has 3 rings (SSSR count). The molecule has 1 atom stereocenters. The molecule has 6 nitrogen and oxygen atoms in total. The lowest BCUT2D eigenvalue weighted by molar-refractivity contribution is 0.120. The molecule has 128 valence electrons. The van der Waals surface area contributed by atoms with E-state index < -0.39 is 0 Å². The van der Waals surface area contributed by atoms with Gasteiger partial charge in [-0.15, -0.1) is 0 Å². The number of hydrogen-bond donors (Lipinski definition) is 2. The average Bonchev–Trinajstić information content (AvgIpc) is 3.05. The van der Waals surface area contributed by atoms with Crippen LogP contribution >= 0.6 is 0 Å². The Kier molecular flexibility index (Phi) is 4.94. The highest BCUT2D eigenvalue weighted by Gasteiger charge is 2.17. The molecule has 0 unspecified atom stereocenters. The summed E-state index contributed by atoms with van der Waals surface area (Å²) in [5.41, 5.74) is 1.70. The smallest absolute Gasteiger partial charge is 0.225 e. The van der Waals surface area contributed by atoms with Crippen molar-refractivity contribution in [3.05, 3.63) is 30.6 Å². The summed E-state index contributed by atoms with van der Waals surface area (Å²) in [5, 5.41) is 6.73. The molecule has 0 aromatic carbocycles. The van der Waals surface area contributed by atoms with Gasteiger partial charge in [-0.1, -0.05) is 0 Å². The fraction of sp³-hybridized carbons (Fsp3) is 0.500. The Morgan fingerprint density at radius 3 is 2.83 bits per heavy atom. The van der Waals surface area contributed by atoms with Crippen LogP contribution in [0.25, 0.3) is 11.3 Å². The first-order chi connectivity index (χ1) is 11.5. The molecule has 6 heteroatoms. The fourth-order valence-corrected chi connectivity index (χ4v) is 2.61. The number of rotatable bonds is 5. The van der Waals surface area contributed by atoms with Crippen molar-refractivity contribution in [3.8, 4) is 11.3 Å². The Hall–Kier alpha value is -2.21. The molecule has 0 aliphatic carbocycles. The van der Waals surface area contributed by atoms with E-state index >= 15 is 0 Å². The number of nitrogens with one attached hydrogen (secondary N) is 2. The summed E-state index contributed by atoms with van der Waals surface area (Å²) in [5.74, 6) is 1.41. The molecule has 0 spiro atoms. The van der Waals surface area contributed by atoms with Gasteiger partial charge in [-0.3, -0.25) is 4.98 Å². The molecule has 0 radical (unpaired) electrons. The number of anilines is 2. The van der Waals surface area contributed by atoms with Gasteiger partial charge in [0.1, 0.15) is 5.82 Å². The number of ether oxygens (including phenoxy) is 1. The predicted octanol–water partition coefficient (Wildman–Crippen LogP) is 3.34. The van der Waals surface area contributed by atoms with E-state index in [9.17, 15) is 0 Å². The Morgan fingerprint density at radius 1 is 1.29 bits per heavy atom. The van der Waals surface area contributed by atoms with Crippen LogP contribution in [0, 0.1) is 0 Å². The topological polar surface area (TPSA) is 72.0 Å². The van der Waals surface area contributed by atoms with E-state index in [2.05, 4.69) is 46.4 Å². The predicted molar refractivity (Wildman–Crippen MR) is 96.1 cm³/mol. The highest BCUT2D eigenvalue weighted by Crippen LogP contribution is 2.22. The van der Waals surface area contributed by atoms with Crippen LogP contribution in [-0.2, 0) is 4.74 Å². The molecule has 3 heterocycles. The number of aromatic nitrogens is 3. The van der Waals surface area contributed by atoms with E-state index in [1.807, 2.05) is 24.4 Å². The Labute approximate surface area is 143 Å². The molecule has 2 N–H and O–H groups in total. The van der Waals surface area contributed by atoms with Crippen LogP contribution < -0.4 is 10.6 Å². The van der Waals surface area contributed by atoms with Gasteiger partial charge in [0.25, 0.3) is 0 Å². The van der Waals surface area contributed by atoms with E-state index in [0.29, 0.717) is 5.95 Å². The zero-order valence-corrected chi connectivity index (χ0v) is 14.5. The third-order valence-corrected chi connectivity index (χ3v) is 3.71. The van der Waals surface area contributed by atoms with Crippen molar-refractivity contribution in [1.29, 1.82) is 0 Å². The van der Waals surface area contributed by atoms with E-state index in [0.717, 1.165) is 43.1 Å². The third-order valence-electron chi connectivity index (χ3n) is 3.71. The Balaban J connectivity index is 1.84. The maximum atomic E-state index is 5.67. The SMILES string of the molecule is CC(C)(C)Nc1nc(NC[C@@H]2CCCO2)cc(-c2cccnc2)n1. The maximum absolute atomic E-state index is 5.67. The molecular formula is C18H25N5O. The summed E-state index contributed by atoms with van der Waals surface area (Å²) in [6, 6.07) is 5.87. The largest absolute Gasteiger partial charge is 0.376 e. The van der Waals surface area contributed by atoms with Crippen molar-refractivity contribution in [1.82, 2.24) is 15.0 Å². The highest BCUT2D eigenvalue weighted by molar-refractivity contribution is 5.63. The lowest BCUT2D eigenvalue weighted by Crippen LogP contribution is -2.28. The first-order valence-corrected chi connectivity index (χ1v) is 8.43. The molecule has 1 fully saturated rings. The van der Waals surface area contributed by atoms with Crippen molar-refractivity contribution in [3.63, 3.8) is 0 Å². The van der Waals surface area contributed by atoms with Crippen molar-refractivity contribution in [2.75, 3.05) is 23.8 Å². The van der Waals surface area contributed by atoms with Gasteiger partial charge < -0.3 is 15.4 Å². The average molecular weight is 327 g/mol. The molecule has 2 aromatic heterocycles. The van der Waals surface area contributed by atoms with Gasteiger partial charge in [0.2, 0.25) is 5.95 Å². The molecular weight excluding hydrogens is 302 g/mol. The molecule has 1 saturated heterocycles. The summed E-state index contributed by atoms with van der Waals surface area (Å²) >= 11 is 0. The lowest BCUT2D eigenvalue weighted by atomic mass is 10.1. The first-order valence-electron chi connectivity index (χ1n) is 8.43. The molecule has 0 amide bonds. The summed E-state index contributed by atoms with van der Waals surface area (Å²) in [7, 11) is 0. The second-order valence-electron chi connectivity index (χ2n) is 7.09. The summed E-state index contributed by atoms with van der Waals surface area (Å²) < 4.78 is 5.67. The van der Waals surface area contributed by atoms with Crippen LogP contribution in [-0.4, -0.2) is 39.7 Å². The molecule has 1 aliphatic heterocycles. The number of pyridine rings is 1. The van der Waals surface area contributed by atoms with E-state index in [-0.39, 0.29) is 11.6 Å². The van der Waals surface area contributed by atoms with E-state index in [4.69, 9.17) is 4.74 Å². The minimum Gasteiger partial charge on any atom is -0.376 e. The first kappa shape index (κ1) is 16.6. The molecule has 0 bridgehead atoms. The number of hydrogen-bond acceptors (Lipinski definition) is 6. The molecule has 1 aliphatic rings. The quantitative estimate of drug-likeness (QED) is 0.877. The van der Waals surface area contributed by atoms with Gasteiger partial charge in [0, 0.05) is 42.7 Å². The van der Waals surface area contributed by atoms with Crippen molar-refractivity contribution >= 4 is 11.8 Å². The van der Waals surface area contributed by atoms with Crippen LogP contribution in [0.15, 0.2) is 30.6 Å². The van der Waals surface area contributed by atoms with Gasteiger partial charge in [0.05, 0.1) is 11.8 Å². The van der Waals surface area contributed by atoms with Crippen LogP contribution in [0.4, 0.5) is 11.8 Å². The molecule has 0 saturated carbocycles. The maximum Gasteiger partial charge on any atom is 0.225 e. The normalized spacial score (nSPS) is 17.7. The van der Waals surface area contributed by atoms with E-state index in [1.165, 1.54) is 0 Å². The fourth-order valence-electron chi connectivity index (χ4n) is 2.61. The number of nitrogens with zero attached hydrogens (tertiary/aromatic N) is 3. The van der Waals surface area contributed by atoms with Crippen molar-refractivity contribution in [2.24, 2.45) is 0 Å². The minimum atomic E-state index is -0.112. The standard InChI is InChI=1S/C18H25N5O/c1-18(2,3)23-17-21-15(13-6-4-8-19-11-13)10-16(22-17)20-12-14-7-5-9-24-14/h4,6,8,10-11,14H,5,7,9,12H2,1-3H3,(H2,20,21,22,23)/t14-/m0/s1. The monoisotopic (exact) mass is 327 g/mol. The minimum absolute atomic E-state index is 0.112. The van der Waals surface area contributed by atoms with Crippen molar-refractivity contribution in [2.45, 2.75) is 45.3 Å². The highest BCUT2D eigenvalue weighted by atomic mass is 16.5. The zero-order valence-electron chi connectivity index (χ0n) is 14.5. The second-order valence-corrected chi connectivity index (χ2v) is 7.09. The van der Waals surface area contributed by atoms with Gasteiger partial charge in [-0.25, -0.2) is 4.98 Å². The molecule has 24 heavy (non-hydrogen) atoms. The van der Waals surface area contributed by atoms with E-state index in [1.54, 1.807) is 6.20 Å². The second kappa shape index (κ2) is 7.13. The zero-order chi connectivity index (χ0) is 17.0. The third kappa shape index (κ3) is 4.64. The molecule has 2 aromatic rings. The Morgan fingerprint density at radius 2 is 2.17 bits per heavy atom. The summed E-state index contributed by atoms with van der Waals surface area (Å²) in [4.78, 5) is 13.4. The van der Waals surface area contributed by atoms with Gasteiger partial charge >= 0.3 is 0 Å². The van der Waals surface area contributed by atoms with Gasteiger partial charge in [-0.05, 0) is 45.7 Å². The summed E-state index contributed by atoms with van der Waals surface area (Å²) in [6.07, 6.45) is 6.07. The lowest BCUT2D eigenvalue weighted by Gasteiger charge is -2.21. The van der Waals surface area contributed by atoms with Crippen LogP contribution in [0.1, 0.15) is 33.6 Å². The van der Waals surface area contributed by atoms with Gasteiger partial charge in [-0.2, -0.15) is 4.98 Å². The van der Waals surface area contributed by atoms with Crippen LogP contribution in [0.2, 0.25) is 0 Å². The van der Waals surface area contributed by atoms with Crippen LogP contribution in [0.5, 0.6) is 0 Å². The van der Waals surface area contributed by atoms with Gasteiger partial charge in [0.15, 0.2) is 0 Å². The van der Waals surface area contributed by atoms with Crippen molar-refractivity contribution < 1.29 is 4.74 Å².